The molecule has 5 N–H and O–H groups in total. The molecule has 118 valence electrons. The van der Waals surface area contributed by atoms with Crippen LogP contribution in [0.3, 0.4) is 0 Å². The summed E-state index contributed by atoms with van der Waals surface area (Å²) in [6, 6.07) is 0.262. The number of thiophene rings is 1. The summed E-state index contributed by atoms with van der Waals surface area (Å²) in [7, 11) is 3.94. The number of nitrogens with two attached hydrogens (primary N) is 2. The van der Waals surface area contributed by atoms with E-state index in [4.69, 9.17) is 11.5 Å². The fraction of sp³-hybridized carbons (Fsp3) is 0.571. The molecular weight excluding hydrogens is 288 g/mol. The van der Waals surface area contributed by atoms with E-state index in [1.54, 1.807) is 13.8 Å². The monoisotopic (exact) mass is 312 g/mol. The van der Waals surface area contributed by atoms with Gasteiger partial charge in [0.1, 0.15) is 5.00 Å². The third-order valence-electron chi connectivity index (χ3n) is 3.38. The number of amides is 1. The van der Waals surface area contributed by atoms with Gasteiger partial charge >= 0.3 is 0 Å². The van der Waals surface area contributed by atoms with Crippen molar-refractivity contribution in [1.82, 2.24) is 4.90 Å². The summed E-state index contributed by atoms with van der Waals surface area (Å²) in [6.07, 6.45) is 0. The molecule has 0 aliphatic rings. The second kappa shape index (κ2) is 6.91. The highest BCUT2D eigenvalue weighted by molar-refractivity contribution is 7.19. The Morgan fingerprint density at radius 1 is 1.29 bits per heavy atom. The Morgan fingerprint density at radius 3 is 2.29 bits per heavy atom. The van der Waals surface area contributed by atoms with E-state index in [2.05, 4.69) is 5.32 Å². The van der Waals surface area contributed by atoms with Crippen LogP contribution in [0.4, 0.5) is 10.7 Å². The first-order chi connectivity index (χ1) is 9.66. The molecule has 1 aromatic rings. The highest BCUT2D eigenvalue weighted by Crippen LogP contribution is 2.36. The molecular formula is C14H24N4O2S. The van der Waals surface area contributed by atoms with E-state index in [9.17, 15) is 9.59 Å². The molecule has 1 aromatic heterocycles. The maximum atomic E-state index is 12.1. The summed E-state index contributed by atoms with van der Waals surface area (Å²) in [4.78, 5) is 26.2. The van der Waals surface area contributed by atoms with Crippen LogP contribution in [0.2, 0.25) is 0 Å². The summed E-state index contributed by atoms with van der Waals surface area (Å²) in [5.41, 5.74) is 11.7. The lowest BCUT2D eigenvalue weighted by Crippen LogP contribution is -2.31. The number of rotatable bonds is 7. The molecule has 0 fully saturated rings. The first-order valence-electron chi connectivity index (χ1n) is 6.83. The lowest BCUT2D eigenvalue weighted by atomic mass is 10.1. The number of carbonyl (C=O) groups excluding carboxylic acids is 2. The van der Waals surface area contributed by atoms with Gasteiger partial charge in [0.25, 0.3) is 5.91 Å². The third-order valence-corrected chi connectivity index (χ3v) is 4.56. The maximum Gasteiger partial charge on any atom is 0.253 e. The first kappa shape index (κ1) is 17.5. The molecule has 1 atom stereocenters. The van der Waals surface area contributed by atoms with E-state index in [0.29, 0.717) is 16.4 Å². The minimum Gasteiger partial charge on any atom is -0.397 e. The highest BCUT2D eigenvalue weighted by atomic mass is 32.1. The molecule has 1 heterocycles. The van der Waals surface area contributed by atoms with Gasteiger partial charge in [-0.25, -0.2) is 0 Å². The Labute approximate surface area is 129 Å². The van der Waals surface area contributed by atoms with Crippen LogP contribution < -0.4 is 16.8 Å². The molecule has 1 amide bonds. The van der Waals surface area contributed by atoms with Crippen LogP contribution in [-0.2, 0) is 0 Å². The van der Waals surface area contributed by atoms with Crippen molar-refractivity contribution in [3.63, 3.8) is 0 Å². The van der Waals surface area contributed by atoms with Crippen LogP contribution in [0, 0.1) is 5.92 Å². The van der Waals surface area contributed by atoms with E-state index < -0.39 is 5.91 Å². The Hall–Kier alpha value is -1.60. The van der Waals surface area contributed by atoms with Gasteiger partial charge in [0.05, 0.1) is 16.1 Å². The Bertz CT molecular complexity index is 537. The van der Waals surface area contributed by atoms with E-state index >= 15 is 0 Å². The molecule has 21 heavy (non-hydrogen) atoms. The number of nitrogens with one attached hydrogen (secondary N) is 1. The predicted molar refractivity (Wildman–Crippen MR) is 88.1 cm³/mol. The summed E-state index contributed by atoms with van der Waals surface area (Å²) in [5.74, 6) is -0.875. The SMILES string of the molecule is CC(C)C(=O)c1sc(NCC(C)N(C)C)c(C(N)=O)c1N. The molecule has 0 saturated carbocycles. The highest BCUT2D eigenvalue weighted by Gasteiger charge is 2.25. The molecule has 0 bridgehead atoms. The van der Waals surface area contributed by atoms with Gasteiger partial charge in [-0.05, 0) is 21.0 Å². The summed E-state index contributed by atoms with van der Waals surface area (Å²) >= 11 is 1.20. The number of ketones is 1. The van der Waals surface area contributed by atoms with Gasteiger partial charge < -0.3 is 21.7 Å². The van der Waals surface area contributed by atoms with Gasteiger partial charge in [-0.15, -0.1) is 11.3 Å². The molecule has 7 heteroatoms. The molecule has 0 aliphatic carbocycles. The van der Waals surface area contributed by atoms with Crippen molar-refractivity contribution in [2.75, 3.05) is 31.7 Å². The van der Waals surface area contributed by atoms with E-state index in [1.807, 2.05) is 25.9 Å². The average molecular weight is 312 g/mol. The number of anilines is 2. The van der Waals surface area contributed by atoms with Crippen molar-refractivity contribution in [2.45, 2.75) is 26.8 Å². The zero-order chi connectivity index (χ0) is 16.3. The molecule has 6 nitrogen and oxygen atoms in total. The molecule has 0 saturated heterocycles. The number of likely N-dealkylation sites (N-methyl/N-ethyl adjacent to an activating group) is 1. The summed E-state index contributed by atoms with van der Waals surface area (Å²) < 4.78 is 0. The van der Waals surface area contributed by atoms with Crippen LogP contribution in [0.1, 0.15) is 40.8 Å². The smallest absolute Gasteiger partial charge is 0.253 e. The minimum atomic E-state index is -0.619. The number of nitrogens with zero attached hydrogens (tertiary/aromatic N) is 1. The van der Waals surface area contributed by atoms with Crippen molar-refractivity contribution in [3.8, 4) is 0 Å². The molecule has 0 aromatic carbocycles. The standard InChI is InChI=1S/C14H24N4O2S/c1-7(2)11(19)12-10(15)9(13(16)20)14(21-12)17-6-8(3)18(4)5/h7-8,17H,6,15H2,1-5H3,(H2,16,20). The number of hydrogen-bond acceptors (Lipinski definition) is 6. The van der Waals surface area contributed by atoms with Crippen molar-refractivity contribution < 1.29 is 9.59 Å². The van der Waals surface area contributed by atoms with Crippen LogP contribution in [-0.4, -0.2) is 43.3 Å². The summed E-state index contributed by atoms with van der Waals surface area (Å²) in [5, 5.41) is 3.74. The predicted octanol–water partition coefficient (Wildman–Crippen LogP) is 1.63. The number of carbonyl (C=O) groups is 2. The molecule has 1 rings (SSSR count). The fourth-order valence-corrected chi connectivity index (χ4v) is 2.90. The van der Waals surface area contributed by atoms with Crippen molar-refractivity contribution in [2.24, 2.45) is 11.7 Å². The average Bonchev–Trinajstić information content (AvgIpc) is 2.71. The van der Waals surface area contributed by atoms with Crippen LogP contribution >= 0.6 is 11.3 Å². The minimum absolute atomic E-state index is 0.0753. The summed E-state index contributed by atoms with van der Waals surface area (Å²) in [6.45, 7) is 6.27. The number of hydrogen-bond donors (Lipinski definition) is 3. The van der Waals surface area contributed by atoms with E-state index in [0.717, 1.165) is 0 Å². The second-order valence-electron chi connectivity index (χ2n) is 5.63. The van der Waals surface area contributed by atoms with Gasteiger partial charge in [0, 0.05) is 18.5 Å². The zero-order valence-corrected chi connectivity index (χ0v) is 14.0. The number of primary amides is 1. The largest absolute Gasteiger partial charge is 0.397 e. The maximum absolute atomic E-state index is 12.1. The van der Waals surface area contributed by atoms with E-state index in [1.165, 1.54) is 11.3 Å². The van der Waals surface area contributed by atoms with Gasteiger partial charge in [0.2, 0.25) is 0 Å². The van der Waals surface area contributed by atoms with Crippen LogP contribution in [0.25, 0.3) is 0 Å². The Morgan fingerprint density at radius 2 is 1.86 bits per heavy atom. The van der Waals surface area contributed by atoms with Crippen LogP contribution in [0.15, 0.2) is 0 Å². The molecule has 0 aliphatic heterocycles. The second-order valence-corrected chi connectivity index (χ2v) is 6.65. The Balaban J connectivity index is 3.11. The quantitative estimate of drug-likeness (QED) is 0.664. The lowest BCUT2D eigenvalue weighted by Gasteiger charge is -2.20. The van der Waals surface area contributed by atoms with Gasteiger partial charge in [0.15, 0.2) is 5.78 Å². The van der Waals surface area contributed by atoms with Gasteiger partial charge in [-0.2, -0.15) is 0 Å². The lowest BCUT2D eigenvalue weighted by molar-refractivity contribution is 0.0944. The fourth-order valence-electron chi connectivity index (χ4n) is 1.68. The topological polar surface area (TPSA) is 101 Å². The van der Waals surface area contributed by atoms with Crippen molar-refractivity contribution in [1.29, 1.82) is 0 Å². The van der Waals surface area contributed by atoms with Crippen LogP contribution in [0.5, 0.6) is 0 Å². The number of nitrogen functional groups attached to an aromatic ring is 1. The Kier molecular flexibility index (Phi) is 5.74. The molecule has 0 radical (unpaired) electrons. The first-order valence-corrected chi connectivity index (χ1v) is 7.65. The number of Topliss-reactive ketones (excluding diaryl/α,β-unsaturated/α-hetero) is 1. The van der Waals surface area contributed by atoms with Gasteiger partial charge in [-0.3, -0.25) is 9.59 Å². The molecule has 1 unspecified atom stereocenters. The van der Waals surface area contributed by atoms with Gasteiger partial charge in [-0.1, -0.05) is 13.8 Å². The van der Waals surface area contributed by atoms with E-state index in [-0.39, 0.29) is 29.0 Å². The molecule has 0 spiro atoms. The van der Waals surface area contributed by atoms with Crippen molar-refractivity contribution in [3.05, 3.63) is 10.4 Å². The van der Waals surface area contributed by atoms with Crippen molar-refractivity contribution >= 4 is 33.7 Å². The zero-order valence-electron chi connectivity index (χ0n) is 13.2. The normalized spacial score (nSPS) is 12.7. The third kappa shape index (κ3) is 3.95.